The van der Waals surface area contributed by atoms with Crippen LogP contribution in [0.4, 0.5) is 0 Å². The van der Waals surface area contributed by atoms with Crippen LogP contribution in [-0.2, 0) is 6.61 Å². The van der Waals surface area contributed by atoms with Crippen molar-refractivity contribution in [2.75, 3.05) is 7.11 Å². The average molecular weight is 331 g/mol. The van der Waals surface area contributed by atoms with Gasteiger partial charge in [-0.25, -0.2) is 15.0 Å². The molecule has 0 atom stereocenters. The van der Waals surface area contributed by atoms with Crippen LogP contribution < -0.4 is 9.47 Å². The summed E-state index contributed by atoms with van der Waals surface area (Å²) in [6.07, 6.45) is 0. The first-order valence-electron chi connectivity index (χ1n) is 8.03. The Morgan fingerprint density at radius 2 is 1.72 bits per heavy atom. The maximum atomic E-state index is 5.88. The minimum Gasteiger partial charge on any atom is -0.497 e. The molecule has 0 saturated carbocycles. The number of pyridine rings is 1. The fraction of sp³-hybridized carbons (Fsp3) is 0.150. The Labute approximate surface area is 145 Å². The third-order valence-corrected chi connectivity index (χ3v) is 4.02. The monoisotopic (exact) mass is 331 g/mol. The number of methoxy groups -OCH3 is 1. The van der Waals surface area contributed by atoms with Gasteiger partial charge >= 0.3 is 0 Å². The second kappa shape index (κ2) is 6.36. The Bertz CT molecular complexity index is 1060. The molecule has 4 aromatic rings. The molecule has 0 N–H and O–H groups in total. The van der Waals surface area contributed by atoms with Gasteiger partial charge in [-0.2, -0.15) is 0 Å². The zero-order valence-electron chi connectivity index (χ0n) is 14.1. The number of fused-ring (bicyclic) bond motifs is 2. The van der Waals surface area contributed by atoms with Crippen LogP contribution in [0, 0.1) is 6.92 Å². The van der Waals surface area contributed by atoms with Gasteiger partial charge in [0.2, 0.25) is 5.88 Å². The lowest BCUT2D eigenvalue weighted by molar-refractivity contribution is 0.287. The van der Waals surface area contributed by atoms with Crippen LogP contribution in [-0.4, -0.2) is 22.1 Å². The number of hydrogen-bond donors (Lipinski definition) is 0. The van der Waals surface area contributed by atoms with E-state index in [1.165, 1.54) is 0 Å². The Balaban J connectivity index is 1.61. The molecule has 0 amide bonds. The van der Waals surface area contributed by atoms with E-state index >= 15 is 0 Å². The van der Waals surface area contributed by atoms with Gasteiger partial charge in [-0.1, -0.05) is 24.3 Å². The molecule has 0 spiro atoms. The maximum Gasteiger partial charge on any atom is 0.236 e. The minimum atomic E-state index is 0.343. The van der Waals surface area contributed by atoms with Crippen LogP contribution in [0.5, 0.6) is 11.6 Å². The van der Waals surface area contributed by atoms with E-state index in [4.69, 9.17) is 9.47 Å². The lowest BCUT2D eigenvalue weighted by Gasteiger charge is -2.09. The van der Waals surface area contributed by atoms with Gasteiger partial charge in [-0.3, -0.25) is 0 Å². The van der Waals surface area contributed by atoms with Crippen LogP contribution >= 0.6 is 0 Å². The van der Waals surface area contributed by atoms with Crippen molar-refractivity contribution in [3.05, 3.63) is 66.0 Å². The Kier molecular flexibility index (Phi) is 3.90. The van der Waals surface area contributed by atoms with E-state index in [-0.39, 0.29) is 0 Å². The van der Waals surface area contributed by atoms with Crippen molar-refractivity contribution in [1.82, 2.24) is 15.0 Å². The molecule has 0 saturated heterocycles. The summed E-state index contributed by atoms with van der Waals surface area (Å²) >= 11 is 0. The number of aryl methyl sites for hydroxylation is 1. The van der Waals surface area contributed by atoms with Crippen molar-refractivity contribution < 1.29 is 9.47 Å². The SMILES string of the molecule is COc1ccc2nc(C)c(OCc3ccc4ccccc4n3)nc2c1. The van der Waals surface area contributed by atoms with Gasteiger partial charge in [0, 0.05) is 11.5 Å². The zero-order valence-corrected chi connectivity index (χ0v) is 14.1. The first-order valence-corrected chi connectivity index (χ1v) is 8.03. The van der Waals surface area contributed by atoms with Crippen LogP contribution in [0.25, 0.3) is 21.9 Å². The third-order valence-electron chi connectivity index (χ3n) is 4.02. The molecule has 2 aromatic heterocycles. The van der Waals surface area contributed by atoms with Gasteiger partial charge < -0.3 is 9.47 Å². The summed E-state index contributed by atoms with van der Waals surface area (Å²) in [6, 6.07) is 17.6. The highest BCUT2D eigenvalue weighted by atomic mass is 16.5. The quantitative estimate of drug-likeness (QED) is 0.564. The number of benzene rings is 2. The van der Waals surface area contributed by atoms with E-state index in [1.807, 2.05) is 61.5 Å². The molecule has 0 bridgehead atoms. The standard InChI is InChI=1S/C20H17N3O2/c1-13-20(23-19-11-16(24-2)9-10-18(19)21-13)25-12-15-8-7-14-5-3-4-6-17(14)22-15/h3-11H,12H2,1-2H3. The number of nitrogens with zero attached hydrogens (tertiary/aromatic N) is 3. The molecule has 0 aliphatic heterocycles. The highest BCUT2D eigenvalue weighted by molar-refractivity contribution is 5.78. The van der Waals surface area contributed by atoms with E-state index in [0.717, 1.165) is 39.1 Å². The highest BCUT2D eigenvalue weighted by Crippen LogP contribution is 2.23. The summed E-state index contributed by atoms with van der Waals surface area (Å²) in [5.74, 6) is 1.25. The Morgan fingerprint density at radius 1 is 0.840 bits per heavy atom. The minimum absolute atomic E-state index is 0.343. The number of para-hydroxylation sites is 1. The molecule has 0 aliphatic rings. The van der Waals surface area contributed by atoms with Crippen molar-refractivity contribution in [2.45, 2.75) is 13.5 Å². The Morgan fingerprint density at radius 3 is 2.60 bits per heavy atom. The smallest absolute Gasteiger partial charge is 0.236 e. The first-order chi connectivity index (χ1) is 12.2. The van der Waals surface area contributed by atoms with E-state index < -0.39 is 0 Å². The van der Waals surface area contributed by atoms with Crippen LogP contribution in [0.1, 0.15) is 11.4 Å². The number of hydrogen-bond acceptors (Lipinski definition) is 5. The normalized spacial score (nSPS) is 11.0. The predicted octanol–water partition coefficient (Wildman–Crippen LogP) is 4.07. The molecule has 4 rings (SSSR count). The van der Waals surface area contributed by atoms with Crippen molar-refractivity contribution in [2.24, 2.45) is 0 Å². The molecule has 2 heterocycles. The average Bonchev–Trinajstić information content (AvgIpc) is 2.65. The number of ether oxygens (including phenoxy) is 2. The summed E-state index contributed by atoms with van der Waals surface area (Å²) < 4.78 is 11.1. The predicted molar refractivity (Wildman–Crippen MR) is 96.9 cm³/mol. The van der Waals surface area contributed by atoms with Crippen molar-refractivity contribution in [3.63, 3.8) is 0 Å². The molecule has 2 aromatic carbocycles. The fourth-order valence-corrected chi connectivity index (χ4v) is 2.70. The zero-order chi connectivity index (χ0) is 17.2. The number of rotatable bonds is 4. The summed E-state index contributed by atoms with van der Waals surface area (Å²) in [4.78, 5) is 13.7. The second-order valence-electron chi connectivity index (χ2n) is 5.75. The van der Waals surface area contributed by atoms with Gasteiger partial charge in [0.05, 0.1) is 29.4 Å². The molecule has 25 heavy (non-hydrogen) atoms. The van der Waals surface area contributed by atoms with E-state index in [0.29, 0.717) is 12.5 Å². The highest BCUT2D eigenvalue weighted by Gasteiger charge is 2.08. The van der Waals surface area contributed by atoms with Gasteiger partial charge in [0.25, 0.3) is 0 Å². The largest absolute Gasteiger partial charge is 0.497 e. The molecule has 0 radical (unpaired) electrons. The topological polar surface area (TPSA) is 57.1 Å². The number of aromatic nitrogens is 3. The van der Waals surface area contributed by atoms with Crippen LogP contribution in [0.2, 0.25) is 0 Å². The molecule has 0 fully saturated rings. The third kappa shape index (κ3) is 3.08. The molecule has 0 unspecified atom stereocenters. The molecule has 5 nitrogen and oxygen atoms in total. The van der Waals surface area contributed by atoms with Gasteiger partial charge in [-0.05, 0) is 31.2 Å². The second-order valence-corrected chi connectivity index (χ2v) is 5.75. The summed E-state index contributed by atoms with van der Waals surface area (Å²) in [7, 11) is 1.63. The van der Waals surface area contributed by atoms with Crippen molar-refractivity contribution >= 4 is 21.9 Å². The molecule has 5 heteroatoms. The maximum absolute atomic E-state index is 5.88. The Hall–Kier alpha value is -3.21. The molecule has 124 valence electrons. The lowest BCUT2D eigenvalue weighted by atomic mass is 10.2. The van der Waals surface area contributed by atoms with Crippen LogP contribution in [0.15, 0.2) is 54.6 Å². The van der Waals surface area contributed by atoms with E-state index in [9.17, 15) is 0 Å². The van der Waals surface area contributed by atoms with E-state index in [1.54, 1.807) is 7.11 Å². The van der Waals surface area contributed by atoms with Gasteiger partial charge in [0.15, 0.2) is 0 Å². The summed E-state index contributed by atoms with van der Waals surface area (Å²) in [5.41, 5.74) is 4.11. The van der Waals surface area contributed by atoms with Gasteiger partial charge in [0.1, 0.15) is 18.1 Å². The van der Waals surface area contributed by atoms with Crippen molar-refractivity contribution in [3.8, 4) is 11.6 Å². The molecular weight excluding hydrogens is 314 g/mol. The summed E-state index contributed by atoms with van der Waals surface area (Å²) in [5, 5.41) is 1.11. The van der Waals surface area contributed by atoms with Crippen LogP contribution in [0.3, 0.4) is 0 Å². The molecular formula is C20H17N3O2. The molecule has 0 aliphatic carbocycles. The lowest BCUT2D eigenvalue weighted by Crippen LogP contribution is -2.03. The first kappa shape index (κ1) is 15.3. The van der Waals surface area contributed by atoms with Crippen molar-refractivity contribution in [1.29, 1.82) is 0 Å². The van der Waals surface area contributed by atoms with E-state index in [2.05, 4.69) is 15.0 Å². The summed E-state index contributed by atoms with van der Waals surface area (Å²) in [6.45, 7) is 2.23. The fourth-order valence-electron chi connectivity index (χ4n) is 2.70. The van der Waals surface area contributed by atoms with Gasteiger partial charge in [-0.15, -0.1) is 0 Å².